The summed E-state index contributed by atoms with van der Waals surface area (Å²) in [5, 5.41) is 3.92. The summed E-state index contributed by atoms with van der Waals surface area (Å²) in [6, 6.07) is 18.5. The minimum absolute atomic E-state index is 0.352. The summed E-state index contributed by atoms with van der Waals surface area (Å²) >= 11 is 3.43. The van der Waals surface area contributed by atoms with E-state index in [2.05, 4.69) is 26.5 Å². The smallest absolute Gasteiger partial charge is 0.275 e. The summed E-state index contributed by atoms with van der Waals surface area (Å²) in [5.74, 6) is 1.49. The topological polar surface area (TPSA) is 63.8 Å². The zero-order chi connectivity index (χ0) is 18.4. The highest BCUT2D eigenvalue weighted by molar-refractivity contribution is 9.10. The van der Waals surface area contributed by atoms with Crippen LogP contribution in [0, 0.1) is 6.92 Å². The van der Waals surface area contributed by atoms with Crippen LogP contribution in [0.3, 0.4) is 0 Å². The van der Waals surface area contributed by atoms with Crippen LogP contribution < -0.4 is 10.2 Å². The van der Waals surface area contributed by atoms with Gasteiger partial charge in [0.1, 0.15) is 23.9 Å². The maximum absolute atomic E-state index is 12.4. The first kappa shape index (κ1) is 17.9. The van der Waals surface area contributed by atoms with Crippen molar-refractivity contribution in [2.75, 3.05) is 0 Å². The number of benzene rings is 2. The van der Waals surface area contributed by atoms with Gasteiger partial charge in [0, 0.05) is 4.47 Å². The zero-order valence-electron chi connectivity index (χ0n) is 14.1. The van der Waals surface area contributed by atoms with Crippen LogP contribution in [0.4, 0.5) is 0 Å². The highest BCUT2D eigenvalue weighted by Gasteiger charge is 2.11. The van der Waals surface area contributed by atoms with Crippen LogP contribution in [0.25, 0.3) is 0 Å². The minimum Gasteiger partial charge on any atom is -0.488 e. The Morgan fingerprint density at radius 2 is 2.04 bits per heavy atom. The average molecular weight is 413 g/mol. The molecule has 0 unspecified atom stereocenters. The fourth-order valence-electron chi connectivity index (χ4n) is 2.31. The van der Waals surface area contributed by atoms with Gasteiger partial charge in [0.25, 0.3) is 5.91 Å². The van der Waals surface area contributed by atoms with Crippen molar-refractivity contribution in [2.24, 2.45) is 5.10 Å². The fourth-order valence-corrected chi connectivity index (χ4v) is 2.75. The van der Waals surface area contributed by atoms with Gasteiger partial charge in [-0.05, 0) is 48.9 Å². The number of nitrogens with one attached hydrogen (secondary N) is 1. The van der Waals surface area contributed by atoms with Crippen LogP contribution >= 0.6 is 15.9 Å². The van der Waals surface area contributed by atoms with E-state index in [0.717, 1.165) is 15.8 Å². The van der Waals surface area contributed by atoms with E-state index in [4.69, 9.17) is 9.15 Å². The Bertz CT molecular complexity index is 934. The van der Waals surface area contributed by atoms with E-state index >= 15 is 0 Å². The zero-order valence-corrected chi connectivity index (χ0v) is 15.7. The van der Waals surface area contributed by atoms with E-state index in [9.17, 15) is 4.79 Å². The highest BCUT2D eigenvalue weighted by atomic mass is 79.9. The van der Waals surface area contributed by atoms with E-state index in [0.29, 0.717) is 23.7 Å². The van der Waals surface area contributed by atoms with Gasteiger partial charge in [0.15, 0.2) is 0 Å². The van der Waals surface area contributed by atoms with Crippen LogP contribution in [-0.4, -0.2) is 12.1 Å². The maximum Gasteiger partial charge on any atom is 0.275 e. The van der Waals surface area contributed by atoms with Crippen LogP contribution in [0.15, 0.2) is 74.7 Å². The molecule has 132 valence electrons. The number of aryl methyl sites for hydroxylation is 1. The fraction of sp³-hybridized carbons (Fsp3) is 0.100. The van der Waals surface area contributed by atoms with Gasteiger partial charge < -0.3 is 9.15 Å². The highest BCUT2D eigenvalue weighted by Crippen LogP contribution is 2.20. The molecule has 0 saturated heterocycles. The second-order valence-corrected chi connectivity index (χ2v) is 6.48. The lowest BCUT2D eigenvalue weighted by Gasteiger charge is -2.10. The van der Waals surface area contributed by atoms with E-state index in [1.54, 1.807) is 24.3 Å². The summed E-state index contributed by atoms with van der Waals surface area (Å²) in [6.45, 7) is 2.20. The Morgan fingerprint density at radius 1 is 1.19 bits per heavy atom. The Kier molecular flexibility index (Phi) is 5.86. The molecule has 0 aliphatic carbocycles. The predicted octanol–water partition coefficient (Wildman–Crippen LogP) is 4.69. The van der Waals surface area contributed by atoms with Gasteiger partial charge in [-0.1, -0.05) is 40.2 Å². The van der Waals surface area contributed by atoms with Gasteiger partial charge in [-0.15, -0.1) is 0 Å². The first-order valence-corrected chi connectivity index (χ1v) is 8.77. The minimum atomic E-state index is -0.352. The van der Waals surface area contributed by atoms with Crippen molar-refractivity contribution in [1.82, 2.24) is 5.43 Å². The molecule has 1 heterocycles. The van der Waals surface area contributed by atoms with Crippen molar-refractivity contribution < 1.29 is 13.9 Å². The second-order valence-electron chi connectivity index (χ2n) is 5.56. The molecule has 3 rings (SSSR count). The third-order valence-corrected chi connectivity index (χ3v) is 4.03. The molecule has 0 fully saturated rings. The molecule has 3 aromatic rings. The Labute approximate surface area is 159 Å². The van der Waals surface area contributed by atoms with E-state index in [-0.39, 0.29) is 5.91 Å². The molecular formula is C20H17BrN2O3. The normalized spacial score (nSPS) is 10.8. The number of rotatable bonds is 6. The summed E-state index contributed by atoms with van der Waals surface area (Å²) in [5.41, 5.74) is 3.90. The number of amides is 1. The van der Waals surface area contributed by atoms with Crippen LogP contribution in [0.1, 0.15) is 27.4 Å². The second kappa shape index (κ2) is 8.49. The van der Waals surface area contributed by atoms with Gasteiger partial charge >= 0.3 is 0 Å². The molecule has 0 bridgehead atoms. The molecule has 0 saturated carbocycles. The van der Waals surface area contributed by atoms with Crippen molar-refractivity contribution >= 4 is 28.1 Å². The molecule has 1 aromatic heterocycles. The largest absolute Gasteiger partial charge is 0.488 e. The third-order valence-electron chi connectivity index (χ3n) is 3.53. The maximum atomic E-state index is 12.4. The lowest BCUT2D eigenvalue weighted by atomic mass is 10.2. The molecule has 2 aromatic carbocycles. The summed E-state index contributed by atoms with van der Waals surface area (Å²) < 4.78 is 12.2. The monoisotopic (exact) mass is 412 g/mol. The van der Waals surface area contributed by atoms with Crippen molar-refractivity contribution in [3.8, 4) is 5.75 Å². The molecule has 0 aliphatic heterocycles. The Balaban J connectivity index is 1.65. The number of carbonyl (C=O) groups is 1. The van der Waals surface area contributed by atoms with Gasteiger partial charge in [-0.2, -0.15) is 5.10 Å². The SMILES string of the molecule is Cc1ccc(/C=N\NC(=O)c2ccccc2OCc2cccc(Br)c2)o1. The van der Waals surface area contributed by atoms with Crippen molar-refractivity contribution in [2.45, 2.75) is 13.5 Å². The van der Waals surface area contributed by atoms with Gasteiger partial charge in [0.05, 0.1) is 11.8 Å². The number of hydrogen-bond donors (Lipinski definition) is 1. The summed E-state index contributed by atoms with van der Waals surface area (Å²) in [4.78, 5) is 12.4. The van der Waals surface area contributed by atoms with E-state index in [1.807, 2.05) is 43.3 Å². The number of furan rings is 1. The molecule has 1 N–H and O–H groups in total. The van der Waals surface area contributed by atoms with Gasteiger partial charge in [0.2, 0.25) is 0 Å². The van der Waals surface area contributed by atoms with Crippen molar-refractivity contribution in [3.63, 3.8) is 0 Å². The molecule has 0 spiro atoms. The molecule has 26 heavy (non-hydrogen) atoms. The average Bonchev–Trinajstić information content (AvgIpc) is 3.05. The number of hydrazone groups is 1. The van der Waals surface area contributed by atoms with Gasteiger partial charge in [-0.3, -0.25) is 4.79 Å². The molecule has 0 aliphatic rings. The third kappa shape index (κ3) is 4.83. The standard InChI is InChI=1S/C20H17BrN2O3/c1-14-9-10-17(26-14)12-22-23-20(24)18-7-2-3-8-19(18)25-13-15-5-4-6-16(21)11-15/h2-12H,13H2,1H3,(H,23,24)/b22-12-. The molecule has 0 radical (unpaired) electrons. The molecule has 1 amide bonds. The van der Waals surface area contributed by atoms with E-state index < -0.39 is 0 Å². The first-order valence-electron chi connectivity index (χ1n) is 7.98. The van der Waals surface area contributed by atoms with Crippen LogP contribution in [0.5, 0.6) is 5.75 Å². The lowest BCUT2D eigenvalue weighted by molar-refractivity contribution is 0.0950. The van der Waals surface area contributed by atoms with Gasteiger partial charge in [-0.25, -0.2) is 5.43 Å². The summed E-state index contributed by atoms with van der Waals surface area (Å²) in [6.07, 6.45) is 1.45. The molecular weight excluding hydrogens is 396 g/mol. The predicted molar refractivity (Wildman–Crippen MR) is 103 cm³/mol. The quantitative estimate of drug-likeness (QED) is 0.471. The first-order chi connectivity index (χ1) is 12.6. The molecule has 5 nitrogen and oxygen atoms in total. The van der Waals surface area contributed by atoms with Crippen molar-refractivity contribution in [1.29, 1.82) is 0 Å². The Morgan fingerprint density at radius 3 is 2.81 bits per heavy atom. The number of nitrogens with zero attached hydrogens (tertiary/aromatic N) is 1. The number of para-hydroxylation sites is 1. The number of ether oxygens (including phenoxy) is 1. The van der Waals surface area contributed by atoms with Crippen molar-refractivity contribution in [3.05, 3.63) is 87.8 Å². The summed E-state index contributed by atoms with van der Waals surface area (Å²) in [7, 11) is 0. The van der Waals surface area contributed by atoms with E-state index in [1.165, 1.54) is 6.21 Å². The van der Waals surface area contributed by atoms with Crippen LogP contribution in [-0.2, 0) is 6.61 Å². The lowest BCUT2D eigenvalue weighted by Crippen LogP contribution is -2.18. The molecule has 6 heteroatoms. The number of carbonyl (C=O) groups excluding carboxylic acids is 1. The molecule has 0 atom stereocenters. The number of halogens is 1. The number of hydrogen-bond acceptors (Lipinski definition) is 4. The Hall–Kier alpha value is -2.86. The van der Waals surface area contributed by atoms with Crippen LogP contribution in [0.2, 0.25) is 0 Å².